The number of rotatable bonds is 6. The average molecular weight is 306 g/mol. The fourth-order valence-electron chi connectivity index (χ4n) is 2.46. The van der Waals surface area contributed by atoms with Gasteiger partial charge in [-0.1, -0.05) is 6.92 Å². The zero-order valence-electron chi connectivity index (χ0n) is 12.8. The standard InChI is InChI=1S/C14H27N3O2.ClH/c1-4-17(5-2)14(19)7-6-13(18)16-12-8-9-15-10-11(12)3;/h11-12,15H,4-10H2,1-3H3,(H,16,18);1H. The van der Waals surface area contributed by atoms with Crippen LogP contribution >= 0.6 is 12.4 Å². The summed E-state index contributed by atoms with van der Waals surface area (Å²) in [6.45, 7) is 9.37. The van der Waals surface area contributed by atoms with Crippen LogP contribution in [-0.2, 0) is 9.59 Å². The van der Waals surface area contributed by atoms with Crippen LogP contribution in [0.15, 0.2) is 0 Å². The minimum Gasteiger partial charge on any atom is -0.353 e. The van der Waals surface area contributed by atoms with E-state index < -0.39 is 0 Å². The summed E-state index contributed by atoms with van der Waals surface area (Å²) in [4.78, 5) is 25.4. The molecule has 0 saturated carbocycles. The van der Waals surface area contributed by atoms with Gasteiger partial charge in [0.15, 0.2) is 0 Å². The van der Waals surface area contributed by atoms with Gasteiger partial charge in [-0.05, 0) is 39.3 Å². The van der Waals surface area contributed by atoms with E-state index in [1.54, 1.807) is 4.90 Å². The highest BCUT2D eigenvalue weighted by molar-refractivity contribution is 5.85. The maximum atomic E-state index is 11.9. The summed E-state index contributed by atoms with van der Waals surface area (Å²) in [5.74, 6) is 0.522. The highest BCUT2D eigenvalue weighted by atomic mass is 35.5. The molecular formula is C14H28ClN3O2. The largest absolute Gasteiger partial charge is 0.353 e. The van der Waals surface area contributed by atoms with Crippen molar-refractivity contribution in [2.75, 3.05) is 26.2 Å². The Morgan fingerprint density at radius 1 is 1.25 bits per heavy atom. The number of nitrogens with zero attached hydrogens (tertiary/aromatic N) is 1. The number of carbonyl (C=O) groups excluding carboxylic acids is 2. The van der Waals surface area contributed by atoms with Crippen molar-refractivity contribution in [3.8, 4) is 0 Å². The molecular weight excluding hydrogens is 278 g/mol. The lowest BCUT2D eigenvalue weighted by molar-refractivity contribution is -0.133. The van der Waals surface area contributed by atoms with Crippen LogP contribution in [0.2, 0.25) is 0 Å². The summed E-state index contributed by atoms with van der Waals surface area (Å²) in [6.07, 6.45) is 1.58. The first kappa shape index (κ1) is 19.2. The van der Waals surface area contributed by atoms with Crippen LogP contribution in [0.3, 0.4) is 0 Å². The van der Waals surface area contributed by atoms with Gasteiger partial charge in [-0.2, -0.15) is 0 Å². The highest BCUT2D eigenvalue weighted by Gasteiger charge is 2.22. The molecule has 1 fully saturated rings. The number of nitrogens with one attached hydrogen (secondary N) is 2. The second kappa shape index (κ2) is 10.00. The first-order chi connectivity index (χ1) is 9.08. The second-order valence-electron chi connectivity index (χ2n) is 5.21. The third-order valence-corrected chi connectivity index (χ3v) is 3.81. The molecule has 1 saturated heterocycles. The van der Waals surface area contributed by atoms with Gasteiger partial charge < -0.3 is 15.5 Å². The van der Waals surface area contributed by atoms with Crippen molar-refractivity contribution in [3.63, 3.8) is 0 Å². The van der Waals surface area contributed by atoms with Crippen molar-refractivity contribution in [2.45, 2.75) is 46.1 Å². The molecule has 2 N–H and O–H groups in total. The van der Waals surface area contributed by atoms with E-state index in [1.165, 1.54) is 0 Å². The van der Waals surface area contributed by atoms with E-state index in [9.17, 15) is 9.59 Å². The van der Waals surface area contributed by atoms with Crippen molar-refractivity contribution in [1.29, 1.82) is 0 Å². The Morgan fingerprint density at radius 2 is 1.90 bits per heavy atom. The molecule has 0 aromatic rings. The van der Waals surface area contributed by atoms with E-state index >= 15 is 0 Å². The van der Waals surface area contributed by atoms with Gasteiger partial charge in [-0.25, -0.2) is 0 Å². The zero-order chi connectivity index (χ0) is 14.3. The quantitative estimate of drug-likeness (QED) is 0.774. The smallest absolute Gasteiger partial charge is 0.223 e. The van der Waals surface area contributed by atoms with E-state index in [4.69, 9.17) is 0 Å². The van der Waals surface area contributed by atoms with Crippen LogP contribution in [0.5, 0.6) is 0 Å². The molecule has 0 aromatic heterocycles. The van der Waals surface area contributed by atoms with Crippen LogP contribution in [0.4, 0.5) is 0 Å². The van der Waals surface area contributed by atoms with Crippen molar-refractivity contribution < 1.29 is 9.59 Å². The Hall–Kier alpha value is -0.810. The number of hydrogen-bond acceptors (Lipinski definition) is 3. The van der Waals surface area contributed by atoms with Crippen LogP contribution in [0.1, 0.15) is 40.0 Å². The first-order valence-corrected chi connectivity index (χ1v) is 7.36. The number of hydrogen-bond donors (Lipinski definition) is 2. The van der Waals surface area contributed by atoms with Gasteiger partial charge in [-0.15, -0.1) is 12.4 Å². The third kappa shape index (κ3) is 6.09. The van der Waals surface area contributed by atoms with Gasteiger partial charge >= 0.3 is 0 Å². The maximum Gasteiger partial charge on any atom is 0.223 e. The molecule has 20 heavy (non-hydrogen) atoms. The second-order valence-corrected chi connectivity index (χ2v) is 5.21. The van der Waals surface area contributed by atoms with E-state index in [0.717, 1.165) is 19.5 Å². The molecule has 2 amide bonds. The molecule has 0 bridgehead atoms. The van der Waals surface area contributed by atoms with E-state index in [1.807, 2.05) is 13.8 Å². The zero-order valence-corrected chi connectivity index (χ0v) is 13.6. The number of piperidine rings is 1. The molecule has 0 aliphatic carbocycles. The van der Waals surface area contributed by atoms with Crippen molar-refractivity contribution in [2.24, 2.45) is 5.92 Å². The molecule has 2 atom stereocenters. The average Bonchev–Trinajstić information content (AvgIpc) is 2.40. The Labute approximate surface area is 128 Å². The molecule has 1 aliphatic heterocycles. The highest BCUT2D eigenvalue weighted by Crippen LogP contribution is 2.10. The normalized spacial score (nSPS) is 21.8. The lowest BCUT2D eigenvalue weighted by Gasteiger charge is -2.30. The Morgan fingerprint density at radius 3 is 2.45 bits per heavy atom. The summed E-state index contributed by atoms with van der Waals surface area (Å²) >= 11 is 0. The van der Waals surface area contributed by atoms with Crippen LogP contribution in [0, 0.1) is 5.92 Å². The van der Waals surface area contributed by atoms with Crippen molar-refractivity contribution in [3.05, 3.63) is 0 Å². The SMILES string of the molecule is CCN(CC)C(=O)CCC(=O)NC1CCNCC1C.Cl. The molecule has 0 spiro atoms. The molecule has 0 aromatic carbocycles. The summed E-state index contributed by atoms with van der Waals surface area (Å²) in [7, 11) is 0. The van der Waals surface area contributed by atoms with Crippen LogP contribution in [-0.4, -0.2) is 48.9 Å². The van der Waals surface area contributed by atoms with Gasteiger partial charge in [0.25, 0.3) is 0 Å². The molecule has 5 nitrogen and oxygen atoms in total. The number of carbonyl (C=O) groups is 2. The van der Waals surface area contributed by atoms with Crippen LogP contribution < -0.4 is 10.6 Å². The van der Waals surface area contributed by atoms with Crippen molar-refractivity contribution >= 4 is 24.2 Å². The molecule has 1 rings (SSSR count). The maximum absolute atomic E-state index is 11.9. The molecule has 2 unspecified atom stereocenters. The lowest BCUT2D eigenvalue weighted by Crippen LogP contribution is -2.48. The van der Waals surface area contributed by atoms with Gasteiger partial charge in [-0.3, -0.25) is 9.59 Å². The van der Waals surface area contributed by atoms with E-state index in [0.29, 0.717) is 31.8 Å². The summed E-state index contributed by atoms with van der Waals surface area (Å²) < 4.78 is 0. The molecule has 1 heterocycles. The van der Waals surface area contributed by atoms with Gasteiger partial charge in [0.1, 0.15) is 0 Å². The van der Waals surface area contributed by atoms with Crippen LogP contribution in [0.25, 0.3) is 0 Å². The molecule has 118 valence electrons. The Bertz CT molecular complexity index is 309. The monoisotopic (exact) mass is 305 g/mol. The summed E-state index contributed by atoms with van der Waals surface area (Å²) in [6, 6.07) is 0.248. The Kier molecular flexibility index (Phi) is 9.59. The molecule has 6 heteroatoms. The fraction of sp³-hybridized carbons (Fsp3) is 0.857. The molecule has 0 radical (unpaired) electrons. The first-order valence-electron chi connectivity index (χ1n) is 7.36. The van der Waals surface area contributed by atoms with Gasteiger partial charge in [0.2, 0.25) is 11.8 Å². The predicted octanol–water partition coefficient (Wildman–Crippen LogP) is 1.17. The third-order valence-electron chi connectivity index (χ3n) is 3.81. The Balaban J connectivity index is 0.00000361. The fourth-order valence-corrected chi connectivity index (χ4v) is 2.46. The van der Waals surface area contributed by atoms with Crippen molar-refractivity contribution in [1.82, 2.24) is 15.5 Å². The van der Waals surface area contributed by atoms with E-state index in [-0.39, 0.29) is 30.3 Å². The summed E-state index contributed by atoms with van der Waals surface area (Å²) in [5.41, 5.74) is 0. The molecule has 1 aliphatic rings. The topological polar surface area (TPSA) is 61.4 Å². The minimum atomic E-state index is -0.000689. The summed E-state index contributed by atoms with van der Waals surface area (Å²) in [5, 5.41) is 6.36. The van der Waals surface area contributed by atoms with Gasteiger partial charge in [0, 0.05) is 32.0 Å². The van der Waals surface area contributed by atoms with Gasteiger partial charge in [0.05, 0.1) is 0 Å². The number of amides is 2. The van der Waals surface area contributed by atoms with E-state index in [2.05, 4.69) is 17.6 Å². The number of halogens is 1. The lowest BCUT2D eigenvalue weighted by atomic mass is 9.95. The minimum absolute atomic E-state index is 0. The predicted molar refractivity (Wildman–Crippen MR) is 83.0 cm³/mol.